The third-order valence-corrected chi connectivity index (χ3v) is 26.5. The summed E-state index contributed by atoms with van der Waals surface area (Å²) in [5, 5.41) is 4.40. The monoisotopic (exact) mass is 1120 g/mol. The lowest BCUT2D eigenvalue weighted by molar-refractivity contribution is 0.706. The van der Waals surface area contributed by atoms with Crippen molar-refractivity contribution < 1.29 is 0 Å². The Hall–Kier alpha value is -1.000. The fourth-order valence-electron chi connectivity index (χ4n) is 7.93. The molecule has 0 N–H and O–H groups in total. The van der Waals surface area contributed by atoms with E-state index in [1.807, 2.05) is 68.0 Å². The zero-order chi connectivity index (χ0) is 46.9. The lowest BCUT2D eigenvalue weighted by Gasteiger charge is -2.06. The molecule has 12 heteroatoms. The summed E-state index contributed by atoms with van der Waals surface area (Å²) in [6.07, 6.45) is 20.8. The minimum Gasteiger partial charge on any atom is -0.143 e. The average molecular weight is 1120 g/mol. The quantitative estimate of drug-likeness (QED) is 0.0314. The van der Waals surface area contributed by atoms with Gasteiger partial charge < -0.3 is 0 Å². The molecule has 8 aromatic heterocycles. The first-order valence-corrected chi connectivity index (χ1v) is 35.5. The molecule has 0 unspecified atom stereocenters. The number of unbranched alkanes of at least 4 members (excludes halogenated alkanes) is 12. The fourth-order valence-corrected chi connectivity index (χ4v) is 22.2. The van der Waals surface area contributed by atoms with Crippen LogP contribution in [0.5, 0.6) is 0 Å². The van der Waals surface area contributed by atoms with Gasteiger partial charge in [0, 0.05) is 68.4 Å². The zero-order valence-electron chi connectivity index (χ0n) is 40.1. The van der Waals surface area contributed by atoms with Crippen molar-refractivity contribution in [3.63, 3.8) is 0 Å². The second kappa shape index (κ2) is 28.5. The van der Waals surface area contributed by atoms with Gasteiger partial charge in [-0.05, 0) is 120 Å². The summed E-state index contributed by atoms with van der Waals surface area (Å²) in [7, 11) is 0. The van der Waals surface area contributed by atoms with Gasteiger partial charge in [-0.25, -0.2) is 0 Å². The van der Waals surface area contributed by atoms with Crippen molar-refractivity contribution in [1.29, 1.82) is 0 Å². The van der Waals surface area contributed by atoms with Gasteiger partial charge in [0.1, 0.15) is 0 Å². The Morgan fingerprint density at radius 2 is 0.574 bits per heavy atom. The van der Waals surface area contributed by atoms with Crippen LogP contribution in [0.4, 0.5) is 0 Å². The number of hydrogen-bond donors (Lipinski definition) is 0. The first-order valence-electron chi connectivity index (χ1n) is 24.9. The van der Waals surface area contributed by atoms with Crippen molar-refractivity contribution in [2.45, 2.75) is 150 Å². The highest BCUT2D eigenvalue weighted by Gasteiger charge is 2.25. The second-order valence-corrected chi connectivity index (χ2v) is 30.0. The number of thiophene rings is 8. The molecule has 362 valence electrons. The van der Waals surface area contributed by atoms with Crippen LogP contribution in [-0.4, -0.2) is 23.0 Å². The molecule has 0 amide bonds. The molecule has 0 saturated heterocycles. The third-order valence-electron chi connectivity index (χ3n) is 11.7. The van der Waals surface area contributed by atoms with Crippen molar-refractivity contribution in [2.24, 2.45) is 0 Å². The summed E-state index contributed by atoms with van der Waals surface area (Å²) in [5.74, 6) is 4.72. The van der Waals surface area contributed by atoms with E-state index in [0.29, 0.717) is 0 Å². The normalized spacial score (nSPS) is 11.8. The topological polar surface area (TPSA) is 0 Å². The zero-order valence-corrected chi connectivity index (χ0v) is 49.9. The predicted octanol–water partition coefficient (Wildman–Crippen LogP) is 24.5. The molecule has 0 bridgehead atoms. The van der Waals surface area contributed by atoms with Gasteiger partial charge in [-0.2, -0.15) is 0 Å². The highest BCUT2D eigenvalue weighted by Crippen LogP contribution is 2.56. The predicted molar refractivity (Wildman–Crippen MR) is 327 cm³/mol. The Kier molecular flexibility index (Phi) is 22.3. The van der Waals surface area contributed by atoms with Gasteiger partial charge in [0.15, 0.2) is 0 Å². The highest BCUT2D eigenvalue weighted by molar-refractivity contribution is 8.00. The molecule has 68 heavy (non-hydrogen) atoms. The summed E-state index contributed by atoms with van der Waals surface area (Å²) in [4.78, 5) is 25.9. The Balaban J connectivity index is 1.19. The van der Waals surface area contributed by atoms with Gasteiger partial charge in [-0.3, -0.25) is 0 Å². The summed E-state index contributed by atoms with van der Waals surface area (Å²) >= 11 is 24.3. The van der Waals surface area contributed by atoms with Crippen molar-refractivity contribution >= 4 is 138 Å². The standard InChI is InChI=1S/C56H66S12/c1-5-9-13-17-29-59-49-35-45(43-27-25-41(63-43)39-23-21-33-57-39)65-53(49)55-51(61-31-19-15-11-7-3)37-47(67-55)48-38-52(62-32-20-16-12-8-4)56(68-48)54-50(60-30-18-14-10-6-2)36-46(66-54)44-28-26-42(64-44)40-24-22-34-58-40/h21-28,33-38H,5-20,29-32H2,1-4H3. The van der Waals surface area contributed by atoms with E-state index in [4.69, 9.17) is 0 Å². The Labute approximate surface area is 457 Å². The molecule has 0 spiro atoms. The van der Waals surface area contributed by atoms with Crippen LogP contribution in [-0.2, 0) is 0 Å². The first-order chi connectivity index (χ1) is 33.6. The smallest absolute Gasteiger partial charge is 0.0596 e. The Morgan fingerprint density at radius 1 is 0.294 bits per heavy atom. The molecule has 0 atom stereocenters. The maximum atomic E-state index is 2.60. The molecule has 0 saturated carbocycles. The van der Waals surface area contributed by atoms with Gasteiger partial charge in [0.05, 0.1) is 19.5 Å². The van der Waals surface area contributed by atoms with Gasteiger partial charge in [-0.1, -0.05) is 117 Å². The largest absolute Gasteiger partial charge is 0.143 e. The van der Waals surface area contributed by atoms with E-state index in [0.717, 1.165) is 0 Å². The minimum atomic E-state index is 1.18. The van der Waals surface area contributed by atoms with Gasteiger partial charge in [0.2, 0.25) is 0 Å². The van der Waals surface area contributed by atoms with E-state index in [1.54, 1.807) is 0 Å². The van der Waals surface area contributed by atoms with E-state index in [1.165, 1.54) is 214 Å². The summed E-state index contributed by atoms with van der Waals surface area (Å²) < 4.78 is 0. The Morgan fingerprint density at radius 3 is 0.838 bits per heavy atom. The third kappa shape index (κ3) is 14.6. The summed E-state index contributed by atoms with van der Waals surface area (Å²) in [5.41, 5.74) is 0. The molecule has 0 fully saturated rings. The van der Waals surface area contributed by atoms with E-state index in [9.17, 15) is 0 Å². The molecule has 8 aromatic rings. The molecule has 0 aliphatic heterocycles. The molecule has 0 aliphatic rings. The van der Waals surface area contributed by atoms with Crippen LogP contribution in [0.2, 0.25) is 0 Å². The fraction of sp³-hybridized carbons (Fsp3) is 0.429. The maximum absolute atomic E-state index is 2.60. The molecule has 0 aliphatic carbocycles. The van der Waals surface area contributed by atoms with Crippen LogP contribution in [0.15, 0.2) is 103 Å². The molecule has 0 nitrogen and oxygen atoms in total. The Bertz CT molecular complexity index is 2470. The molecule has 8 heterocycles. The van der Waals surface area contributed by atoms with Crippen LogP contribution in [0.25, 0.3) is 68.3 Å². The first kappa shape index (κ1) is 53.3. The molecule has 8 rings (SSSR count). The van der Waals surface area contributed by atoms with Crippen molar-refractivity contribution in [2.75, 3.05) is 23.0 Å². The van der Waals surface area contributed by atoms with Crippen LogP contribution >= 0.6 is 138 Å². The van der Waals surface area contributed by atoms with Gasteiger partial charge >= 0.3 is 0 Å². The van der Waals surface area contributed by atoms with Crippen molar-refractivity contribution in [3.05, 3.63) is 83.6 Å². The highest BCUT2D eigenvalue weighted by atomic mass is 32.2. The SMILES string of the molecule is CCCCCCSc1cc(-c2ccc(-c3cccs3)s2)sc1-c1sc(-c2cc(SCCCCCC)c(-c3sc(-c4ccc(-c5cccs5)s4)cc3SCCCCCC)s2)cc1SCCCCCC. The van der Waals surface area contributed by atoms with E-state index < -0.39 is 0 Å². The molecule has 0 radical (unpaired) electrons. The van der Waals surface area contributed by atoms with Crippen LogP contribution < -0.4 is 0 Å². The number of rotatable bonds is 31. The van der Waals surface area contributed by atoms with Crippen molar-refractivity contribution in [1.82, 2.24) is 0 Å². The summed E-state index contributed by atoms with van der Waals surface area (Å²) in [6, 6.07) is 28.6. The molecule has 0 aromatic carbocycles. The van der Waals surface area contributed by atoms with E-state index in [2.05, 4.69) is 181 Å². The van der Waals surface area contributed by atoms with E-state index >= 15 is 0 Å². The minimum absolute atomic E-state index is 1.18. The number of thioether (sulfide) groups is 4. The molecular formula is C56H66S12. The number of hydrogen-bond acceptors (Lipinski definition) is 12. The van der Waals surface area contributed by atoms with Gasteiger partial charge in [-0.15, -0.1) is 138 Å². The van der Waals surface area contributed by atoms with Crippen LogP contribution in [0, 0.1) is 0 Å². The van der Waals surface area contributed by atoms with Crippen LogP contribution in [0.1, 0.15) is 130 Å². The average Bonchev–Trinajstić information content (AvgIpc) is 4.20. The van der Waals surface area contributed by atoms with Crippen molar-refractivity contribution in [3.8, 4) is 68.3 Å². The molecular weight excluding hydrogens is 1060 g/mol. The van der Waals surface area contributed by atoms with Gasteiger partial charge in [0.25, 0.3) is 0 Å². The summed E-state index contributed by atoms with van der Waals surface area (Å²) in [6.45, 7) is 9.29. The lowest BCUT2D eigenvalue weighted by atomic mass is 10.2. The maximum Gasteiger partial charge on any atom is 0.0596 e. The second-order valence-electron chi connectivity index (χ2n) is 17.1. The lowest BCUT2D eigenvalue weighted by Crippen LogP contribution is -1.83. The van der Waals surface area contributed by atoms with E-state index in [-0.39, 0.29) is 0 Å². The van der Waals surface area contributed by atoms with Crippen LogP contribution in [0.3, 0.4) is 0 Å².